The quantitative estimate of drug-likeness (QED) is 0.941. The molecule has 1 N–H and O–H groups in total. The number of piperidine rings is 1. The normalized spacial score (nSPS) is 19.4. The van der Waals surface area contributed by atoms with Crippen molar-refractivity contribution in [3.8, 4) is 0 Å². The van der Waals surface area contributed by atoms with Gasteiger partial charge in [-0.3, -0.25) is 4.90 Å². The van der Waals surface area contributed by atoms with Gasteiger partial charge in [0, 0.05) is 19.1 Å². The molecule has 1 saturated heterocycles. The van der Waals surface area contributed by atoms with E-state index in [9.17, 15) is 0 Å². The highest BCUT2D eigenvalue weighted by Crippen LogP contribution is 2.21. The van der Waals surface area contributed by atoms with Crippen LogP contribution in [0.3, 0.4) is 0 Å². The van der Waals surface area contributed by atoms with Gasteiger partial charge in [0.25, 0.3) is 0 Å². The summed E-state index contributed by atoms with van der Waals surface area (Å²) in [5, 5.41) is 4.02. The van der Waals surface area contributed by atoms with Gasteiger partial charge in [-0.2, -0.15) is 0 Å². The topological polar surface area (TPSA) is 41.1 Å². The van der Waals surface area contributed by atoms with E-state index in [0.717, 1.165) is 31.9 Å². The molecule has 0 amide bonds. The fraction of sp³-hybridized carbons (Fsp3) is 0.375. The third kappa shape index (κ3) is 3.93. The molecule has 4 nitrogen and oxygen atoms in total. The number of hydrogen-bond acceptors (Lipinski definition) is 4. The molecule has 0 bridgehead atoms. The Labute approximate surface area is 130 Å². The minimum atomic E-state index is 0.384. The van der Waals surface area contributed by atoms with Crippen LogP contribution < -0.4 is 5.32 Å². The van der Waals surface area contributed by atoms with Gasteiger partial charge in [0.1, 0.15) is 17.2 Å². The highest BCUT2D eigenvalue weighted by Gasteiger charge is 2.20. The predicted molar refractivity (Wildman–Crippen MR) is 85.4 cm³/mol. The monoisotopic (exact) mass is 302 g/mol. The van der Waals surface area contributed by atoms with Crippen LogP contribution in [0.25, 0.3) is 0 Å². The lowest BCUT2D eigenvalue weighted by atomic mass is 10.0. The Morgan fingerprint density at radius 2 is 2.14 bits per heavy atom. The minimum absolute atomic E-state index is 0.384. The number of likely N-dealkylation sites (tertiary alicyclic amines) is 1. The molecule has 1 fully saturated rings. The van der Waals surface area contributed by atoms with E-state index in [1.165, 1.54) is 18.3 Å². The minimum Gasteiger partial charge on any atom is -0.365 e. The summed E-state index contributed by atoms with van der Waals surface area (Å²) >= 11 is 6.11. The van der Waals surface area contributed by atoms with Gasteiger partial charge in [-0.25, -0.2) is 9.97 Å². The van der Waals surface area contributed by atoms with E-state index < -0.39 is 0 Å². The molecular weight excluding hydrogens is 284 g/mol. The highest BCUT2D eigenvalue weighted by atomic mass is 35.5. The molecule has 21 heavy (non-hydrogen) atoms. The summed E-state index contributed by atoms with van der Waals surface area (Å²) in [6, 6.07) is 11.0. The van der Waals surface area contributed by atoms with Crippen LogP contribution in [0.15, 0.2) is 42.9 Å². The first kappa shape index (κ1) is 14.3. The number of hydrogen-bond donors (Lipinski definition) is 1. The summed E-state index contributed by atoms with van der Waals surface area (Å²) in [4.78, 5) is 10.6. The third-order valence-corrected chi connectivity index (χ3v) is 4.04. The Hall–Kier alpha value is -1.65. The maximum Gasteiger partial charge on any atom is 0.148 e. The Morgan fingerprint density at radius 3 is 2.95 bits per heavy atom. The van der Waals surface area contributed by atoms with Crippen LogP contribution in [0.4, 0.5) is 5.82 Å². The molecule has 1 unspecified atom stereocenters. The molecule has 5 heteroatoms. The van der Waals surface area contributed by atoms with Crippen molar-refractivity contribution in [1.82, 2.24) is 14.9 Å². The van der Waals surface area contributed by atoms with Crippen LogP contribution in [-0.4, -0.2) is 34.0 Å². The lowest BCUT2D eigenvalue weighted by molar-refractivity contribution is 0.208. The van der Waals surface area contributed by atoms with Crippen LogP contribution in [-0.2, 0) is 6.54 Å². The van der Waals surface area contributed by atoms with Crippen LogP contribution in [0.2, 0.25) is 5.02 Å². The van der Waals surface area contributed by atoms with Gasteiger partial charge in [0.05, 0.1) is 6.20 Å². The fourth-order valence-corrected chi connectivity index (χ4v) is 2.93. The average molecular weight is 303 g/mol. The first-order valence-electron chi connectivity index (χ1n) is 7.29. The van der Waals surface area contributed by atoms with Gasteiger partial charge in [-0.05, 0) is 24.9 Å². The first-order valence-corrected chi connectivity index (χ1v) is 7.67. The summed E-state index contributed by atoms with van der Waals surface area (Å²) < 4.78 is 0. The molecule has 1 atom stereocenters. The van der Waals surface area contributed by atoms with Crippen molar-refractivity contribution in [3.05, 3.63) is 53.4 Å². The smallest absolute Gasteiger partial charge is 0.148 e. The van der Waals surface area contributed by atoms with Crippen molar-refractivity contribution in [2.75, 3.05) is 18.4 Å². The van der Waals surface area contributed by atoms with Crippen LogP contribution >= 0.6 is 11.6 Å². The molecule has 1 aromatic heterocycles. The van der Waals surface area contributed by atoms with E-state index >= 15 is 0 Å². The number of anilines is 1. The van der Waals surface area contributed by atoms with Crippen molar-refractivity contribution in [3.63, 3.8) is 0 Å². The van der Waals surface area contributed by atoms with Gasteiger partial charge >= 0.3 is 0 Å². The van der Waals surface area contributed by atoms with Gasteiger partial charge in [-0.1, -0.05) is 41.9 Å². The summed E-state index contributed by atoms with van der Waals surface area (Å²) in [5.41, 5.74) is 1.36. The van der Waals surface area contributed by atoms with E-state index in [1.54, 1.807) is 6.20 Å². The highest BCUT2D eigenvalue weighted by molar-refractivity contribution is 6.32. The number of aromatic nitrogens is 2. The molecule has 0 radical (unpaired) electrons. The Bertz CT molecular complexity index is 575. The predicted octanol–water partition coefficient (Wildman–Crippen LogP) is 3.21. The summed E-state index contributed by atoms with van der Waals surface area (Å²) in [5.74, 6) is 0.734. The van der Waals surface area contributed by atoms with Crippen molar-refractivity contribution in [2.45, 2.75) is 25.4 Å². The molecule has 0 saturated carbocycles. The fourth-order valence-electron chi connectivity index (χ4n) is 2.77. The third-order valence-electron chi connectivity index (χ3n) is 3.76. The second kappa shape index (κ2) is 6.87. The molecule has 0 spiro atoms. The molecule has 1 aliphatic heterocycles. The van der Waals surface area contributed by atoms with Crippen molar-refractivity contribution in [1.29, 1.82) is 0 Å². The molecule has 1 aromatic carbocycles. The zero-order valence-corrected chi connectivity index (χ0v) is 12.6. The van der Waals surface area contributed by atoms with Crippen molar-refractivity contribution >= 4 is 17.4 Å². The average Bonchev–Trinajstić information content (AvgIpc) is 2.51. The Balaban J connectivity index is 1.60. The van der Waals surface area contributed by atoms with Gasteiger partial charge in [-0.15, -0.1) is 0 Å². The maximum absolute atomic E-state index is 6.11. The van der Waals surface area contributed by atoms with Gasteiger partial charge in [0.15, 0.2) is 0 Å². The van der Waals surface area contributed by atoms with Gasteiger partial charge in [0.2, 0.25) is 0 Å². The standard InChI is InChI=1S/C16H19ClN4/c17-15-9-18-12-19-16(15)20-14-7-4-8-21(11-14)10-13-5-2-1-3-6-13/h1-3,5-6,9,12,14H,4,7-8,10-11H2,(H,18,19,20). The van der Waals surface area contributed by atoms with E-state index in [2.05, 4.69) is 50.5 Å². The number of rotatable bonds is 4. The molecule has 2 aromatic rings. The zero-order chi connectivity index (χ0) is 14.5. The lowest BCUT2D eigenvalue weighted by Gasteiger charge is -2.33. The second-order valence-corrected chi connectivity index (χ2v) is 5.83. The van der Waals surface area contributed by atoms with Crippen LogP contribution in [0.5, 0.6) is 0 Å². The first-order chi connectivity index (χ1) is 10.3. The van der Waals surface area contributed by atoms with E-state index in [4.69, 9.17) is 11.6 Å². The van der Waals surface area contributed by atoms with E-state index in [1.807, 2.05) is 0 Å². The largest absolute Gasteiger partial charge is 0.365 e. The molecular formula is C16H19ClN4. The molecule has 3 rings (SSSR count). The van der Waals surface area contributed by atoms with Crippen molar-refractivity contribution < 1.29 is 0 Å². The number of benzene rings is 1. The second-order valence-electron chi connectivity index (χ2n) is 5.42. The summed E-state index contributed by atoms with van der Waals surface area (Å²) in [6.07, 6.45) is 5.49. The van der Waals surface area contributed by atoms with Crippen molar-refractivity contribution in [2.24, 2.45) is 0 Å². The Morgan fingerprint density at radius 1 is 1.29 bits per heavy atom. The van der Waals surface area contributed by atoms with E-state index in [-0.39, 0.29) is 0 Å². The number of nitrogens with zero attached hydrogens (tertiary/aromatic N) is 3. The summed E-state index contributed by atoms with van der Waals surface area (Å²) in [7, 11) is 0. The van der Waals surface area contributed by atoms with Crippen LogP contribution in [0, 0.1) is 0 Å². The zero-order valence-electron chi connectivity index (χ0n) is 11.9. The lowest BCUT2D eigenvalue weighted by Crippen LogP contribution is -2.41. The molecule has 110 valence electrons. The molecule has 0 aliphatic carbocycles. The number of halogens is 1. The van der Waals surface area contributed by atoms with Crippen LogP contribution in [0.1, 0.15) is 18.4 Å². The maximum atomic E-state index is 6.11. The van der Waals surface area contributed by atoms with E-state index in [0.29, 0.717) is 11.1 Å². The van der Waals surface area contributed by atoms with Gasteiger partial charge < -0.3 is 5.32 Å². The summed E-state index contributed by atoms with van der Waals surface area (Å²) in [6.45, 7) is 3.15. The number of nitrogens with one attached hydrogen (secondary N) is 1. The molecule has 2 heterocycles. The molecule has 1 aliphatic rings. The SMILES string of the molecule is Clc1cncnc1NC1CCCN(Cc2ccccc2)C1. The Kier molecular flexibility index (Phi) is 4.68.